The summed E-state index contributed by atoms with van der Waals surface area (Å²) < 4.78 is 34.0. The number of aromatic nitrogens is 2. The van der Waals surface area contributed by atoms with Crippen molar-refractivity contribution in [2.45, 2.75) is 31.3 Å². The largest absolute Gasteiger partial charge is 0.492 e. The van der Waals surface area contributed by atoms with Crippen LogP contribution in [0.25, 0.3) is 11.3 Å². The molecule has 1 aliphatic carbocycles. The molecule has 43 heavy (non-hydrogen) atoms. The molecule has 6 rings (SSSR count). The van der Waals surface area contributed by atoms with E-state index >= 15 is 0 Å². The fourth-order valence-electron chi connectivity index (χ4n) is 5.93. The quantitative estimate of drug-likeness (QED) is 0.287. The first-order valence-corrected chi connectivity index (χ1v) is 14.2. The van der Waals surface area contributed by atoms with Crippen molar-refractivity contribution in [3.05, 3.63) is 71.2 Å². The van der Waals surface area contributed by atoms with E-state index in [9.17, 15) is 18.4 Å². The topological polar surface area (TPSA) is 103 Å². The summed E-state index contributed by atoms with van der Waals surface area (Å²) in [5.74, 6) is 4.81. The number of benzene rings is 1. The number of halogens is 2. The van der Waals surface area contributed by atoms with E-state index in [1.165, 1.54) is 7.11 Å². The van der Waals surface area contributed by atoms with Crippen LogP contribution in [0.15, 0.2) is 42.7 Å². The summed E-state index contributed by atoms with van der Waals surface area (Å²) in [6.45, 7) is 1.12. The van der Waals surface area contributed by atoms with Crippen molar-refractivity contribution in [2.24, 2.45) is 5.92 Å². The van der Waals surface area contributed by atoms with Crippen molar-refractivity contribution in [1.29, 1.82) is 0 Å². The van der Waals surface area contributed by atoms with Crippen molar-refractivity contribution < 1.29 is 23.1 Å². The normalized spacial score (nSPS) is 20.4. The Morgan fingerprint density at radius 1 is 1.30 bits per heavy atom. The molecular weight excluding hydrogens is 554 g/mol. The lowest BCUT2D eigenvalue weighted by molar-refractivity contribution is -0.126. The Kier molecular flexibility index (Phi) is 7.62. The van der Waals surface area contributed by atoms with Crippen LogP contribution in [0.4, 0.5) is 20.2 Å². The van der Waals surface area contributed by atoms with E-state index in [4.69, 9.17) is 4.74 Å². The second-order valence-corrected chi connectivity index (χ2v) is 11.2. The van der Waals surface area contributed by atoms with E-state index in [0.29, 0.717) is 59.2 Å². The van der Waals surface area contributed by atoms with Crippen LogP contribution in [-0.4, -0.2) is 78.0 Å². The maximum absolute atomic E-state index is 14.6. The Hall–Kier alpha value is -4.69. The zero-order valence-electron chi connectivity index (χ0n) is 24.1. The van der Waals surface area contributed by atoms with Crippen LogP contribution in [0.3, 0.4) is 0 Å². The number of hydrogen-bond acceptors (Lipinski definition) is 6. The number of methoxy groups -OCH3 is 1. The molecule has 1 saturated carbocycles. The van der Waals surface area contributed by atoms with Gasteiger partial charge in [-0.15, -0.1) is 0 Å². The highest BCUT2D eigenvalue weighted by Crippen LogP contribution is 2.48. The molecule has 3 aromatic rings. The number of fused-ring (bicyclic) bond motifs is 2. The van der Waals surface area contributed by atoms with Crippen LogP contribution < -0.4 is 15.4 Å². The van der Waals surface area contributed by atoms with Crippen LogP contribution in [0.1, 0.15) is 34.5 Å². The van der Waals surface area contributed by atoms with Crippen molar-refractivity contribution in [2.75, 3.05) is 39.6 Å². The number of hydrogen-bond donors (Lipinski definition) is 3. The summed E-state index contributed by atoms with van der Waals surface area (Å²) in [7, 11) is 5.18. The summed E-state index contributed by atoms with van der Waals surface area (Å²) in [6, 6.07) is 3.61. The van der Waals surface area contributed by atoms with Gasteiger partial charge in [-0.05, 0) is 38.9 Å². The van der Waals surface area contributed by atoms with Crippen LogP contribution in [0.2, 0.25) is 0 Å². The fraction of sp³-hybridized carbons (Fsp3) is 0.344. The van der Waals surface area contributed by atoms with Gasteiger partial charge in [0.15, 0.2) is 11.6 Å². The van der Waals surface area contributed by atoms with Gasteiger partial charge in [-0.1, -0.05) is 17.9 Å². The molecule has 2 aliphatic heterocycles. The first kappa shape index (κ1) is 28.4. The molecule has 3 aliphatic rings. The number of nitrogens with one attached hydrogen (secondary N) is 3. The zero-order valence-corrected chi connectivity index (χ0v) is 24.1. The van der Waals surface area contributed by atoms with Gasteiger partial charge in [0.2, 0.25) is 5.91 Å². The SMILES string of the molecule is COc1c(F)cc(F)cc1Nc1c(-c2ccncc2C#C[C@H]2C[C@@H]3C[C@@H]3N2C(=O)/C=C/CN(C)C)[nH]c2c1C(=O)NCC2. The highest BCUT2D eigenvalue weighted by molar-refractivity contribution is 6.06. The van der Waals surface area contributed by atoms with Crippen molar-refractivity contribution in [1.82, 2.24) is 25.1 Å². The summed E-state index contributed by atoms with van der Waals surface area (Å²) in [4.78, 5) is 37.6. The Bertz CT molecular complexity index is 1690. The maximum Gasteiger partial charge on any atom is 0.255 e. The number of amides is 2. The molecule has 0 unspecified atom stereocenters. The van der Waals surface area contributed by atoms with E-state index in [1.807, 2.05) is 30.0 Å². The van der Waals surface area contributed by atoms with Crippen LogP contribution in [0, 0.1) is 29.4 Å². The molecule has 1 saturated heterocycles. The predicted molar refractivity (Wildman–Crippen MR) is 158 cm³/mol. The number of carbonyl (C=O) groups excluding carboxylic acids is 2. The number of carbonyl (C=O) groups is 2. The third kappa shape index (κ3) is 5.58. The molecule has 4 heterocycles. The van der Waals surface area contributed by atoms with E-state index in [0.717, 1.165) is 25.0 Å². The molecule has 3 N–H and O–H groups in total. The fourth-order valence-corrected chi connectivity index (χ4v) is 5.93. The number of piperidine rings is 1. The van der Waals surface area contributed by atoms with E-state index in [2.05, 4.69) is 32.4 Å². The summed E-state index contributed by atoms with van der Waals surface area (Å²) in [5.41, 5.74) is 3.16. The lowest BCUT2D eigenvalue weighted by Gasteiger charge is -2.22. The minimum Gasteiger partial charge on any atom is -0.492 e. The van der Waals surface area contributed by atoms with E-state index in [1.54, 1.807) is 24.5 Å². The number of aromatic amines is 1. The lowest BCUT2D eigenvalue weighted by atomic mass is 10.0. The van der Waals surface area contributed by atoms with Crippen LogP contribution in [0.5, 0.6) is 5.75 Å². The Morgan fingerprint density at radius 2 is 2.14 bits per heavy atom. The molecular formula is C32H32F2N6O3. The highest BCUT2D eigenvalue weighted by Gasteiger charge is 2.53. The number of rotatable bonds is 7. The monoisotopic (exact) mass is 586 g/mol. The van der Waals surface area contributed by atoms with E-state index in [-0.39, 0.29) is 35.3 Å². The average molecular weight is 587 g/mol. The number of nitrogens with zero attached hydrogens (tertiary/aromatic N) is 3. The molecule has 3 atom stereocenters. The molecule has 222 valence electrons. The van der Waals surface area contributed by atoms with Gasteiger partial charge in [0, 0.05) is 67.4 Å². The molecule has 2 fully saturated rings. The average Bonchev–Trinajstić information content (AvgIpc) is 3.47. The van der Waals surface area contributed by atoms with Crippen molar-refractivity contribution in [3.8, 4) is 28.8 Å². The van der Waals surface area contributed by atoms with Gasteiger partial charge in [0.05, 0.1) is 41.3 Å². The van der Waals surface area contributed by atoms with Crippen molar-refractivity contribution >= 4 is 23.2 Å². The highest BCUT2D eigenvalue weighted by atomic mass is 19.1. The standard InChI is InChI=1S/C32H32F2N6O3/c1-39(2)12-4-5-27(41)40-21(13-19-14-26(19)40)7-6-18-17-35-10-8-22(18)29-30(28-24(37-29)9-11-36-32(28)42)38-25-16-20(33)15-23(34)31(25)43-3/h4-5,8,10,15-17,19,21,26,37-38H,9,11-14H2,1-3H3,(H,36,42)/b5-4+/t19-,21+,26+/m1/s1. The minimum absolute atomic E-state index is 0.0322. The van der Waals surface area contributed by atoms with Gasteiger partial charge in [0.1, 0.15) is 5.82 Å². The minimum atomic E-state index is -0.874. The first-order chi connectivity index (χ1) is 20.7. The Balaban J connectivity index is 1.38. The molecule has 2 amide bonds. The molecule has 1 aromatic carbocycles. The third-order valence-electron chi connectivity index (χ3n) is 7.99. The first-order valence-electron chi connectivity index (χ1n) is 14.2. The number of likely N-dealkylation sites (N-methyl/N-ethyl adjacent to an activating group) is 1. The predicted octanol–water partition coefficient (Wildman–Crippen LogP) is 3.85. The summed E-state index contributed by atoms with van der Waals surface area (Å²) in [5, 5.41) is 5.90. The summed E-state index contributed by atoms with van der Waals surface area (Å²) in [6.07, 6.45) is 9.09. The van der Waals surface area contributed by atoms with Gasteiger partial charge >= 0.3 is 0 Å². The lowest BCUT2D eigenvalue weighted by Crippen LogP contribution is -2.36. The molecule has 11 heteroatoms. The van der Waals surface area contributed by atoms with Gasteiger partial charge in [-0.2, -0.15) is 0 Å². The molecule has 0 radical (unpaired) electrons. The maximum atomic E-state index is 14.6. The van der Waals surface area contributed by atoms with Crippen LogP contribution in [-0.2, 0) is 11.2 Å². The third-order valence-corrected chi connectivity index (χ3v) is 7.99. The molecule has 0 bridgehead atoms. The molecule has 2 aromatic heterocycles. The number of ether oxygens (including phenoxy) is 1. The Labute approximate surface area is 248 Å². The second kappa shape index (κ2) is 11.5. The molecule has 0 spiro atoms. The van der Waals surface area contributed by atoms with Crippen molar-refractivity contribution in [3.63, 3.8) is 0 Å². The van der Waals surface area contributed by atoms with Crippen LogP contribution >= 0.6 is 0 Å². The number of anilines is 2. The molecule has 9 nitrogen and oxygen atoms in total. The van der Waals surface area contributed by atoms with Gasteiger partial charge < -0.3 is 30.2 Å². The number of likely N-dealkylation sites (tertiary alicyclic amines) is 1. The van der Waals surface area contributed by atoms with E-state index < -0.39 is 11.6 Å². The number of H-pyrrole nitrogens is 1. The van der Waals surface area contributed by atoms with Gasteiger partial charge in [-0.25, -0.2) is 8.78 Å². The Morgan fingerprint density at radius 3 is 2.93 bits per heavy atom. The summed E-state index contributed by atoms with van der Waals surface area (Å²) >= 11 is 0. The second-order valence-electron chi connectivity index (χ2n) is 11.2. The van der Waals surface area contributed by atoms with Gasteiger partial charge in [-0.3, -0.25) is 14.6 Å². The van der Waals surface area contributed by atoms with Gasteiger partial charge in [0.25, 0.3) is 5.91 Å². The smallest absolute Gasteiger partial charge is 0.255 e. The zero-order chi connectivity index (χ0) is 30.2. The number of pyridine rings is 1.